The fourth-order valence-corrected chi connectivity index (χ4v) is 3.62. The van der Waals surface area contributed by atoms with Crippen molar-refractivity contribution < 1.29 is 18.9 Å². The van der Waals surface area contributed by atoms with Gasteiger partial charge in [-0.1, -0.05) is 30.0 Å². The topological polar surface area (TPSA) is 131 Å². The lowest BCUT2D eigenvalue weighted by Gasteiger charge is -2.34. The summed E-state index contributed by atoms with van der Waals surface area (Å²) in [7, 11) is 0. The smallest absolute Gasteiger partial charge is 0.324 e. The van der Waals surface area contributed by atoms with Crippen molar-refractivity contribution in [2.45, 2.75) is 30.4 Å². The Labute approximate surface area is 170 Å². The van der Waals surface area contributed by atoms with Crippen molar-refractivity contribution >= 4 is 29.4 Å². The molecule has 0 bridgehead atoms. The number of nitro benzene ring substituents is 1. The molecule has 1 aliphatic heterocycles. The first-order valence-electron chi connectivity index (χ1n) is 8.80. The van der Waals surface area contributed by atoms with Crippen molar-refractivity contribution in [1.29, 1.82) is 0 Å². The summed E-state index contributed by atoms with van der Waals surface area (Å²) >= 11 is 1.29. The van der Waals surface area contributed by atoms with Crippen LogP contribution in [0.1, 0.15) is 18.4 Å². The number of nitrogens with zero attached hydrogens (tertiary/aromatic N) is 4. The van der Waals surface area contributed by atoms with Gasteiger partial charge in [0.25, 0.3) is 10.9 Å². The van der Waals surface area contributed by atoms with E-state index >= 15 is 0 Å². The van der Waals surface area contributed by atoms with Gasteiger partial charge in [-0.3, -0.25) is 19.8 Å². The molecule has 3 rings (SSSR count). The molecule has 0 spiro atoms. The van der Waals surface area contributed by atoms with E-state index in [0.29, 0.717) is 16.9 Å². The average molecular weight is 417 g/mol. The Kier molecular flexibility index (Phi) is 6.27. The van der Waals surface area contributed by atoms with Crippen LogP contribution in [-0.4, -0.2) is 44.5 Å². The Bertz CT molecular complexity index is 929. The molecule has 1 aromatic heterocycles. The minimum absolute atomic E-state index is 0.0303. The van der Waals surface area contributed by atoms with Crippen LogP contribution in [0.5, 0.6) is 0 Å². The van der Waals surface area contributed by atoms with Crippen LogP contribution >= 0.6 is 11.8 Å². The minimum atomic E-state index is -0.513. The lowest BCUT2D eigenvalue weighted by molar-refractivity contribution is -0.384. The van der Waals surface area contributed by atoms with E-state index in [1.165, 1.54) is 30.0 Å². The molecule has 2 unspecified atom stereocenters. The predicted octanol–water partition coefficient (Wildman–Crippen LogP) is 2.56. The summed E-state index contributed by atoms with van der Waals surface area (Å²) in [6.45, 7) is 5.45. The number of urea groups is 1. The summed E-state index contributed by atoms with van der Waals surface area (Å²) in [4.78, 5) is 35.9. The minimum Gasteiger partial charge on any atom is -0.416 e. The number of hydrogen-bond donors (Lipinski definition) is 1. The molecule has 2 heterocycles. The number of non-ortho nitro benzene ring substituents is 1. The highest BCUT2D eigenvalue weighted by Gasteiger charge is 2.39. The predicted molar refractivity (Wildman–Crippen MR) is 104 cm³/mol. The standard InChI is InChI=1S/C18H19N5O5S/c1-3-8-22-16(24)14(11(2)19-17(22)25)9-15-20-21-18(28-15)29-10-12-4-6-13(7-5-12)23(26)27/h3-7,11,14H,1,8-10H2,2H3,(H,19,25). The van der Waals surface area contributed by atoms with E-state index in [9.17, 15) is 19.7 Å². The maximum absolute atomic E-state index is 12.6. The van der Waals surface area contributed by atoms with E-state index in [1.54, 1.807) is 19.1 Å². The third kappa shape index (κ3) is 4.80. The number of imide groups is 1. The Morgan fingerprint density at radius 2 is 2.07 bits per heavy atom. The molecule has 152 valence electrons. The summed E-state index contributed by atoms with van der Waals surface area (Å²) in [5, 5.41) is 21.7. The molecule has 3 amide bonds. The maximum Gasteiger partial charge on any atom is 0.324 e. The second-order valence-electron chi connectivity index (χ2n) is 6.46. The molecule has 10 nitrogen and oxygen atoms in total. The molecule has 0 saturated carbocycles. The number of thioether (sulfide) groups is 1. The molecule has 11 heteroatoms. The lowest BCUT2D eigenvalue weighted by Crippen LogP contribution is -2.59. The fourth-order valence-electron chi connectivity index (χ4n) is 2.88. The van der Waals surface area contributed by atoms with Gasteiger partial charge in [0.05, 0.1) is 10.8 Å². The summed E-state index contributed by atoms with van der Waals surface area (Å²) < 4.78 is 5.62. The average Bonchev–Trinajstić information content (AvgIpc) is 3.14. The first-order valence-corrected chi connectivity index (χ1v) is 9.79. The van der Waals surface area contributed by atoms with Gasteiger partial charge in [0.1, 0.15) is 0 Å². The quantitative estimate of drug-likeness (QED) is 0.300. The molecule has 1 fully saturated rings. The van der Waals surface area contributed by atoms with Gasteiger partial charge in [-0.2, -0.15) is 0 Å². The van der Waals surface area contributed by atoms with Crippen LogP contribution in [0.2, 0.25) is 0 Å². The van der Waals surface area contributed by atoms with Gasteiger partial charge in [-0.05, 0) is 12.5 Å². The number of hydrogen-bond acceptors (Lipinski definition) is 8. The SMILES string of the molecule is C=CCN1C(=O)NC(C)C(Cc2nnc(SCc3ccc([N+](=O)[O-])cc3)o2)C1=O. The second kappa shape index (κ2) is 8.86. The summed E-state index contributed by atoms with van der Waals surface area (Å²) in [5.41, 5.74) is 0.905. The first-order chi connectivity index (χ1) is 13.9. The molecule has 2 atom stereocenters. The number of nitrogens with one attached hydrogen (secondary N) is 1. The third-order valence-electron chi connectivity index (χ3n) is 4.45. The van der Waals surface area contributed by atoms with Gasteiger partial charge in [0.15, 0.2) is 0 Å². The van der Waals surface area contributed by atoms with E-state index < -0.39 is 16.9 Å². The number of nitro groups is 1. The van der Waals surface area contributed by atoms with E-state index in [2.05, 4.69) is 22.1 Å². The first kappa shape index (κ1) is 20.5. The third-order valence-corrected chi connectivity index (χ3v) is 5.34. The highest BCUT2D eigenvalue weighted by atomic mass is 32.2. The van der Waals surface area contributed by atoms with Crippen LogP contribution in [0.25, 0.3) is 0 Å². The van der Waals surface area contributed by atoms with Crippen molar-refractivity contribution in [2.75, 3.05) is 6.54 Å². The molecule has 29 heavy (non-hydrogen) atoms. The second-order valence-corrected chi connectivity index (χ2v) is 7.39. The maximum atomic E-state index is 12.6. The monoisotopic (exact) mass is 417 g/mol. The molecule has 1 saturated heterocycles. The van der Waals surface area contributed by atoms with Crippen molar-refractivity contribution in [3.05, 3.63) is 58.5 Å². The van der Waals surface area contributed by atoms with Crippen molar-refractivity contribution in [2.24, 2.45) is 5.92 Å². The number of amides is 3. The highest BCUT2D eigenvalue weighted by molar-refractivity contribution is 7.98. The number of rotatable bonds is 8. The van der Waals surface area contributed by atoms with E-state index in [-0.39, 0.29) is 30.6 Å². The van der Waals surface area contributed by atoms with Crippen LogP contribution in [0, 0.1) is 16.0 Å². The fraction of sp³-hybridized carbons (Fsp3) is 0.333. The summed E-state index contributed by atoms with van der Waals surface area (Å²) in [5.74, 6) is -0.0159. The largest absolute Gasteiger partial charge is 0.416 e. The number of benzene rings is 1. The molecule has 1 N–H and O–H groups in total. The van der Waals surface area contributed by atoms with Crippen LogP contribution in [0.3, 0.4) is 0 Å². The van der Waals surface area contributed by atoms with Crippen molar-refractivity contribution in [3.8, 4) is 0 Å². The van der Waals surface area contributed by atoms with Crippen LogP contribution in [-0.2, 0) is 17.0 Å². The highest BCUT2D eigenvalue weighted by Crippen LogP contribution is 2.25. The molecule has 0 radical (unpaired) electrons. The normalized spacial score (nSPS) is 19.1. The van der Waals surface area contributed by atoms with E-state index in [0.717, 1.165) is 10.5 Å². The van der Waals surface area contributed by atoms with E-state index in [4.69, 9.17) is 4.42 Å². The van der Waals surface area contributed by atoms with Gasteiger partial charge in [0, 0.05) is 36.9 Å². The summed E-state index contributed by atoms with van der Waals surface area (Å²) in [6.07, 6.45) is 1.70. The Morgan fingerprint density at radius 1 is 1.34 bits per heavy atom. The van der Waals surface area contributed by atoms with Crippen molar-refractivity contribution in [1.82, 2.24) is 20.4 Å². The van der Waals surface area contributed by atoms with Gasteiger partial charge in [-0.15, -0.1) is 16.8 Å². The van der Waals surface area contributed by atoms with Gasteiger partial charge < -0.3 is 9.73 Å². The number of carbonyl (C=O) groups excluding carboxylic acids is 2. The number of carbonyl (C=O) groups is 2. The van der Waals surface area contributed by atoms with Crippen LogP contribution in [0.15, 0.2) is 46.6 Å². The zero-order valence-corrected chi connectivity index (χ0v) is 16.4. The number of aromatic nitrogens is 2. The molecular weight excluding hydrogens is 398 g/mol. The zero-order valence-electron chi connectivity index (χ0n) is 15.6. The lowest BCUT2D eigenvalue weighted by atomic mass is 9.93. The molecule has 0 aliphatic carbocycles. The van der Waals surface area contributed by atoms with Gasteiger partial charge in [-0.25, -0.2) is 4.79 Å². The van der Waals surface area contributed by atoms with Crippen LogP contribution < -0.4 is 5.32 Å². The Morgan fingerprint density at radius 3 is 2.72 bits per heavy atom. The Balaban J connectivity index is 1.60. The van der Waals surface area contributed by atoms with Crippen molar-refractivity contribution in [3.63, 3.8) is 0 Å². The molecular formula is C18H19N5O5S. The molecule has 2 aromatic rings. The summed E-state index contributed by atoms with van der Waals surface area (Å²) in [6, 6.07) is 5.41. The molecule has 1 aromatic carbocycles. The Hall–Kier alpha value is -3.21. The van der Waals surface area contributed by atoms with Gasteiger partial charge >= 0.3 is 6.03 Å². The zero-order chi connectivity index (χ0) is 21.0. The van der Waals surface area contributed by atoms with Gasteiger partial charge in [0.2, 0.25) is 11.8 Å². The van der Waals surface area contributed by atoms with Crippen LogP contribution in [0.4, 0.5) is 10.5 Å². The molecule has 1 aliphatic rings. The van der Waals surface area contributed by atoms with E-state index in [1.807, 2.05) is 0 Å².